The van der Waals surface area contributed by atoms with Crippen molar-refractivity contribution in [3.63, 3.8) is 0 Å². The van der Waals surface area contributed by atoms with Gasteiger partial charge in [0.05, 0.1) is 32.8 Å². The summed E-state index contributed by atoms with van der Waals surface area (Å²) in [6.45, 7) is 29.2. The molecule has 0 unspecified atom stereocenters. The van der Waals surface area contributed by atoms with Crippen molar-refractivity contribution in [2.75, 3.05) is 47.5 Å². The molecule has 12 rings (SSSR count). The average molecular weight is 1740 g/mol. The second-order valence-electron chi connectivity index (χ2n) is 34.3. The Kier molecular flexibility index (Phi) is 31.0. The molecule has 22 nitrogen and oxygen atoms in total. The number of para-hydroxylation sites is 1. The van der Waals surface area contributed by atoms with Crippen molar-refractivity contribution < 1.29 is 90.0 Å². The second-order valence-corrected chi connectivity index (χ2v) is 39.3. The minimum atomic E-state index is -4.48. The van der Waals surface area contributed by atoms with Crippen LogP contribution in [0.1, 0.15) is 228 Å². The highest BCUT2D eigenvalue weighted by molar-refractivity contribution is 7.86. The third kappa shape index (κ3) is 23.3. The fourth-order valence-electron chi connectivity index (χ4n) is 17.4. The maximum Gasteiger partial charge on any atom is 0.425 e. The van der Waals surface area contributed by atoms with Gasteiger partial charge in [0.1, 0.15) is 36.1 Å². The van der Waals surface area contributed by atoms with E-state index in [9.17, 15) is 58.7 Å². The summed E-state index contributed by atoms with van der Waals surface area (Å²) < 4.78 is 143. The van der Waals surface area contributed by atoms with E-state index >= 15 is 0 Å². The lowest BCUT2D eigenvalue weighted by atomic mass is 9.80. The third-order valence-electron chi connectivity index (χ3n) is 23.9. The highest BCUT2D eigenvalue weighted by atomic mass is 32.2. The van der Waals surface area contributed by atoms with E-state index in [0.717, 1.165) is 146 Å². The van der Waals surface area contributed by atoms with Crippen LogP contribution in [0, 0.1) is 13.8 Å². The molecule has 4 aliphatic heterocycles. The third-order valence-corrected chi connectivity index (χ3v) is 26.4. The van der Waals surface area contributed by atoms with Crippen molar-refractivity contribution in [1.29, 1.82) is 0 Å². The summed E-state index contributed by atoms with van der Waals surface area (Å²) in [5.41, 5.74) is 19.6. The number of hydrogen-bond acceptors (Lipinski definition) is 15. The van der Waals surface area contributed by atoms with Crippen molar-refractivity contribution in [2.45, 2.75) is 225 Å². The number of aryl methyl sites for hydroxylation is 3. The summed E-state index contributed by atoms with van der Waals surface area (Å²) in [7, 11) is -15.8. The van der Waals surface area contributed by atoms with Gasteiger partial charge in [-0.15, -0.1) is 12.6 Å². The van der Waals surface area contributed by atoms with Crippen molar-refractivity contribution in [2.24, 2.45) is 0 Å². The Bertz CT molecular complexity index is 5760. The monoisotopic (exact) mass is 1740 g/mol. The average Bonchev–Trinajstić information content (AvgIpc) is 1.60. The van der Waals surface area contributed by atoms with Crippen LogP contribution in [0.3, 0.4) is 0 Å². The van der Waals surface area contributed by atoms with E-state index in [4.69, 9.17) is 22.1 Å². The smallest absolute Gasteiger partial charge is 0.425 e. The van der Waals surface area contributed by atoms with Gasteiger partial charge in [0.25, 0.3) is 30.4 Å². The Morgan fingerprint density at radius 2 is 0.918 bits per heavy atom. The van der Waals surface area contributed by atoms with E-state index in [1.807, 2.05) is 44.2 Å². The van der Waals surface area contributed by atoms with E-state index in [-0.39, 0.29) is 51.1 Å². The quantitative estimate of drug-likeness (QED) is 0.0145. The number of aliphatic carboxylic acids is 1. The molecular formula is C96H118N4O18S4+2. The summed E-state index contributed by atoms with van der Waals surface area (Å²) >= 11 is 0. The lowest BCUT2D eigenvalue weighted by Crippen LogP contribution is -2.28. The molecule has 0 saturated heterocycles. The Morgan fingerprint density at radius 3 is 1.38 bits per heavy atom. The molecule has 0 radical (unpaired) electrons. The van der Waals surface area contributed by atoms with E-state index < -0.39 is 58.3 Å². The number of carbonyl (C=O) groups is 2. The van der Waals surface area contributed by atoms with Crippen molar-refractivity contribution in [3.05, 3.63) is 266 Å². The van der Waals surface area contributed by atoms with Gasteiger partial charge in [0.15, 0.2) is 11.4 Å². The molecule has 26 heteroatoms. The molecule has 2 aliphatic carbocycles. The molecule has 0 spiro atoms. The molecule has 5 N–H and O–H groups in total. The van der Waals surface area contributed by atoms with Gasteiger partial charge in [-0.05, 0) is 255 Å². The zero-order valence-corrected chi connectivity index (χ0v) is 75.4. The zero-order chi connectivity index (χ0) is 88.9. The highest BCUT2D eigenvalue weighted by Gasteiger charge is 2.47. The molecule has 6 aromatic rings. The highest BCUT2D eigenvalue weighted by Crippen LogP contribution is 2.52. The number of rotatable bonds is 33. The van der Waals surface area contributed by atoms with Crippen LogP contribution in [-0.4, -0.2) is 132 Å². The van der Waals surface area contributed by atoms with Crippen LogP contribution in [0.25, 0.3) is 0 Å². The standard InChI is InChI=1S/C48H58N2O9S2.C48H58N2O6S.O3S/c1-6-7-10-30-49-41-17-9-8-16-39(41)47(2,3)43(49)27-21-35-14-13-15-36(46(35)59-37-23-18-34(19-24-37)20-29-45(51)52)22-28-44-48(4,5)40-33-38(61(56,57)58)25-26-42(40)50(44)31-11-12-32-60(53,54)55;1-8-9-10-28-49-41-24-16-33(2)31-39(41)47(4,5)43(49)26-20-35-14-13-15-36(45(35)56-38-22-18-37(19-23-38)46(51)52)21-27-44-48(6,7)40-32-34(3)17-25-42(40)50(44)29-11-12-30-57(53,54)55;1-4(2)3/h8-9,16-19,21-28,33H,6-7,10-15,20,29-32H2,1-5H3,(H2-,51,52,53,54,55,56,57,58);16-27,31-32H,8-15,28-30H2,1-7H3,(H-,51,52,53,54,55);/p+2. The first kappa shape index (κ1) is 94.3. The number of nitrogens with zero attached hydrogens (tertiary/aromatic N) is 4. The van der Waals surface area contributed by atoms with Crippen LogP contribution in [0.15, 0.2) is 226 Å². The molecule has 4 heterocycles. The fraction of sp³-hybridized carbons (Fsp3) is 0.417. The van der Waals surface area contributed by atoms with E-state index in [2.05, 4.69) is 191 Å². The predicted octanol–water partition coefficient (Wildman–Crippen LogP) is 19.8. The van der Waals surface area contributed by atoms with E-state index in [0.29, 0.717) is 55.8 Å². The minimum absolute atomic E-state index is 0.0330. The van der Waals surface area contributed by atoms with Crippen molar-refractivity contribution in [3.8, 4) is 11.5 Å². The Balaban J connectivity index is 0.000000245. The van der Waals surface area contributed by atoms with Gasteiger partial charge < -0.3 is 29.5 Å². The van der Waals surface area contributed by atoms with Gasteiger partial charge in [0, 0.05) is 101 Å². The predicted molar refractivity (Wildman–Crippen MR) is 481 cm³/mol. The van der Waals surface area contributed by atoms with Crippen LogP contribution in [0.5, 0.6) is 11.5 Å². The van der Waals surface area contributed by atoms with E-state index in [1.165, 1.54) is 69.2 Å². The number of carboxylic acid groups (broad SMARTS) is 2. The number of unbranched alkanes of at least 4 members (excludes halogenated alkanes) is 6. The molecular weight excluding hydrogens is 1630 g/mol. The SMILES string of the molecule is CCCCC[N+]1=C(/C=C/C2=C(Oc3ccc(C(=O)O)cc3)C(=C/C=C3/N(CCCCS(=O)(=O)O)c4ccc(C)cc4C3(C)C)/CCC2)C(C)(C)c2cc(C)ccc21.CCCCC[N+]1=C(/C=C/C2=C(Oc3ccc(CCC(=O)O)cc3)C(=C/C=C3/N(CCCCS(=O)(=O)O)c4ccc(S(=O)(=O)O)cc4C3(C)C)/CCC2)C(C)(C)c2ccccc21.O=S(=O)=O. The van der Waals surface area contributed by atoms with Gasteiger partial charge in [-0.25, -0.2) is 4.79 Å². The van der Waals surface area contributed by atoms with Gasteiger partial charge in [-0.3, -0.25) is 18.5 Å². The normalized spacial score (nSPS) is 18.4. The van der Waals surface area contributed by atoms with Crippen molar-refractivity contribution >= 4 is 87.1 Å². The van der Waals surface area contributed by atoms with Gasteiger partial charge >= 0.3 is 22.5 Å². The van der Waals surface area contributed by atoms with Gasteiger partial charge in [0.2, 0.25) is 11.4 Å². The number of carboxylic acids is 2. The summed E-state index contributed by atoms with van der Waals surface area (Å²) in [5, 5.41) is 18.8. The molecule has 0 bridgehead atoms. The van der Waals surface area contributed by atoms with Crippen molar-refractivity contribution in [1.82, 2.24) is 0 Å². The maximum absolute atomic E-state index is 12.2. The van der Waals surface area contributed by atoms with Crippen LogP contribution >= 0.6 is 0 Å². The molecule has 122 heavy (non-hydrogen) atoms. The molecule has 6 aromatic carbocycles. The molecule has 0 fully saturated rings. The minimum Gasteiger partial charge on any atom is -0.481 e. The topological polar surface area (TPSA) is 320 Å². The van der Waals surface area contributed by atoms with Gasteiger partial charge in [-0.2, -0.15) is 34.4 Å². The maximum atomic E-state index is 12.2. The second kappa shape index (κ2) is 40.2. The molecule has 652 valence electrons. The number of anilines is 2. The number of aromatic carboxylic acids is 1. The Labute approximate surface area is 722 Å². The van der Waals surface area contributed by atoms with Crippen LogP contribution in [0.4, 0.5) is 22.7 Å². The number of fused-ring (bicyclic) bond motifs is 4. The number of ether oxygens (including phenoxy) is 2. The first-order chi connectivity index (χ1) is 57.5. The number of benzene rings is 6. The summed E-state index contributed by atoms with van der Waals surface area (Å²) in [6.07, 6.45) is 31.2. The first-order valence-corrected chi connectivity index (χ1v) is 47.8. The molecule has 0 amide bonds. The number of allylic oxidation sites excluding steroid dienone is 14. The molecule has 6 aliphatic rings. The molecule has 0 aromatic heterocycles. The zero-order valence-electron chi connectivity index (χ0n) is 72.2. The van der Waals surface area contributed by atoms with Crippen LogP contribution in [-0.2, 0) is 73.8 Å². The fourth-order valence-corrected chi connectivity index (χ4v) is 19.1. The van der Waals surface area contributed by atoms with Crippen LogP contribution < -0.4 is 19.3 Å². The summed E-state index contributed by atoms with van der Waals surface area (Å²) in [5.74, 6) is 0.230. The lowest BCUT2D eigenvalue weighted by molar-refractivity contribution is -0.438. The summed E-state index contributed by atoms with van der Waals surface area (Å²) in [4.78, 5) is 27.0. The largest absolute Gasteiger partial charge is 0.481 e. The van der Waals surface area contributed by atoms with E-state index in [1.54, 1.807) is 30.3 Å². The Hall–Kier alpha value is -9.93. The van der Waals surface area contributed by atoms with Gasteiger partial charge in [-0.1, -0.05) is 126 Å². The summed E-state index contributed by atoms with van der Waals surface area (Å²) in [6, 6.07) is 40.6. The Morgan fingerprint density at radius 1 is 0.484 bits per heavy atom. The first-order valence-electron chi connectivity index (χ1n) is 42.2. The van der Waals surface area contributed by atoms with Crippen LogP contribution in [0.2, 0.25) is 0 Å². The number of hydrogen-bond donors (Lipinski definition) is 5. The molecule has 0 atom stereocenters. The molecule has 0 saturated carbocycles. The lowest BCUT2D eigenvalue weighted by Gasteiger charge is -2.27.